The molecule has 2 heterocycles. The van der Waals surface area contributed by atoms with E-state index < -0.39 is 0 Å². The molecule has 3 aromatic rings. The summed E-state index contributed by atoms with van der Waals surface area (Å²) in [6.45, 7) is 2.01. The van der Waals surface area contributed by atoms with Crippen molar-refractivity contribution in [3.63, 3.8) is 0 Å². The zero-order valence-electron chi connectivity index (χ0n) is 15.5. The minimum atomic E-state index is -0.351. The molecule has 2 N–H and O–H groups in total. The highest BCUT2D eigenvalue weighted by Crippen LogP contribution is 2.34. The Morgan fingerprint density at radius 2 is 1.79 bits per heavy atom. The summed E-state index contributed by atoms with van der Waals surface area (Å²) >= 11 is 1.39. The second kappa shape index (κ2) is 8.32. The Morgan fingerprint density at radius 3 is 2.62 bits per heavy atom. The number of carbonyl (C=O) groups excluding carboxylic acids is 2. The van der Waals surface area contributed by atoms with E-state index in [1.54, 1.807) is 36.4 Å². The molecule has 1 unspecified atom stereocenters. The van der Waals surface area contributed by atoms with Crippen molar-refractivity contribution in [1.29, 1.82) is 0 Å². The van der Waals surface area contributed by atoms with Gasteiger partial charge in [0.15, 0.2) is 17.3 Å². The molecular formula is C21H18N2O5S. The number of ether oxygens (including phenoxy) is 2. The topological polar surface area (TPSA) is 89.8 Å². The molecule has 0 bridgehead atoms. The maximum atomic E-state index is 12.5. The summed E-state index contributed by atoms with van der Waals surface area (Å²) in [6, 6.07) is 15.8. The fourth-order valence-electron chi connectivity index (χ4n) is 2.72. The molecule has 2 aromatic carbocycles. The normalized spacial score (nSPS) is 13.0. The Balaban J connectivity index is 1.37. The van der Waals surface area contributed by atoms with Crippen LogP contribution in [0.5, 0.6) is 11.5 Å². The fraction of sp³-hybridized carbons (Fsp3) is 0.143. The van der Waals surface area contributed by atoms with Gasteiger partial charge in [-0.25, -0.2) is 0 Å². The molecule has 1 aromatic heterocycles. The first-order valence-electron chi connectivity index (χ1n) is 8.90. The van der Waals surface area contributed by atoms with Crippen LogP contribution in [0.1, 0.15) is 17.5 Å². The lowest BCUT2D eigenvalue weighted by atomic mass is 10.2. The van der Waals surface area contributed by atoms with Gasteiger partial charge in [0.25, 0.3) is 5.91 Å². The van der Waals surface area contributed by atoms with E-state index in [1.165, 1.54) is 18.0 Å². The standard InChI is InChI=1S/C21H18N2O5S/c1-13(20(24)22-15-7-8-17-19(11-15)28-12-27-17)29-16-5-2-4-14(10-16)23-21(25)18-6-3-9-26-18/h2-11,13H,12H2,1H3,(H,22,24)(H,23,25). The second-order valence-corrected chi connectivity index (χ2v) is 7.69. The summed E-state index contributed by atoms with van der Waals surface area (Å²) in [7, 11) is 0. The van der Waals surface area contributed by atoms with Gasteiger partial charge in [-0.05, 0) is 49.4 Å². The number of anilines is 2. The van der Waals surface area contributed by atoms with Crippen molar-refractivity contribution in [1.82, 2.24) is 0 Å². The molecule has 1 aliphatic heterocycles. The van der Waals surface area contributed by atoms with Crippen LogP contribution < -0.4 is 20.1 Å². The number of carbonyl (C=O) groups is 2. The summed E-state index contributed by atoms with van der Waals surface area (Å²) < 4.78 is 15.7. The minimum absolute atomic E-state index is 0.140. The van der Waals surface area contributed by atoms with Crippen LogP contribution in [0.25, 0.3) is 0 Å². The molecule has 0 saturated carbocycles. The van der Waals surface area contributed by atoms with E-state index in [1.807, 2.05) is 25.1 Å². The number of nitrogens with one attached hydrogen (secondary N) is 2. The lowest BCUT2D eigenvalue weighted by Gasteiger charge is -2.13. The smallest absolute Gasteiger partial charge is 0.291 e. The van der Waals surface area contributed by atoms with Crippen LogP contribution in [0.4, 0.5) is 11.4 Å². The van der Waals surface area contributed by atoms with Gasteiger partial charge in [0.2, 0.25) is 12.7 Å². The Hall–Kier alpha value is -3.39. The molecule has 0 fully saturated rings. The lowest BCUT2D eigenvalue weighted by molar-refractivity contribution is -0.115. The predicted molar refractivity (Wildman–Crippen MR) is 110 cm³/mol. The van der Waals surface area contributed by atoms with E-state index in [0.29, 0.717) is 22.9 Å². The summed E-state index contributed by atoms with van der Waals surface area (Å²) in [5.41, 5.74) is 1.27. The quantitative estimate of drug-likeness (QED) is 0.586. The molecule has 7 nitrogen and oxygen atoms in total. The third-order valence-corrected chi connectivity index (χ3v) is 5.25. The average molecular weight is 410 g/mol. The van der Waals surface area contributed by atoms with Gasteiger partial charge in [0.05, 0.1) is 11.5 Å². The van der Waals surface area contributed by atoms with Gasteiger partial charge < -0.3 is 24.5 Å². The number of benzene rings is 2. The number of fused-ring (bicyclic) bond motifs is 1. The van der Waals surface area contributed by atoms with Crippen LogP contribution in [0.15, 0.2) is 70.2 Å². The molecule has 4 rings (SSSR count). The van der Waals surface area contributed by atoms with Crippen LogP contribution >= 0.6 is 11.8 Å². The van der Waals surface area contributed by atoms with Crippen molar-refractivity contribution in [2.24, 2.45) is 0 Å². The largest absolute Gasteiger partial charge is 0.459 e. The lowest BCUT2D eigenvalue weighted by Crippen LogP contribution is -2.22. The van der Waals surface area contributed by atoms with Gasteiger partial charge in [-0.15, -0.1) is 11.8 Å². The second-order valence-electron chi connectivity index (χ2n) is 6.28. The number of hydrogen-bond donors (Lipinski definition) is 2. The van der Waals surface area contributed by atoms with Gasteiger partial charge in [0, 0.05) is 22.3 Å². The molecule has 0 spiro atoms. The molecule has 2 amide bonds. The first-order valence-corrected chi connectivity index (χ1v) is 9.78. The third kappa shape index (κ3) is 4.55. The minimum Gasteiger partial charge on any atom is -0.459 e. The highest BCUT2D eigenvalue weighted by Gasteiger charge is 2.18. The van der Waals surface area contributed by atoms with E-state index >= 15 is 0 Å². The van der Waals surface area contributed by atoms with Crippen LogP contribution in [0.3, 0.4) is 0 Å². The molecule has 148 valence electrons. The van der Waals surface area contributed by atoms with Crippen molar-refractivity contribution in [3.8, 4) is 11.5 Å². The zero-order chi connectivity index (χ0) is 20.2. The van der Waals surface area contributed by atoms with E-state index in [2.05, 4.69) is 10.6 Å². The first kappa shape index (κ1) is 18.9. The Bertz CT molecular complexity index is 1040. The Morgan fingerprint density at radius 1 is 0.966 bits per heavy atom. The van der Waals surface area contributed by atoms with Crippen molar-refractivity contribution in [2.45, 2.75) is 17.1 Å². The third-order valence-electron chi connectivity index (χ3n) is 4.16. The molecule has 8 heteroatoms. The predicted octanol–water partition coefficient (Wildman–Crippen LogP) is 4.38. The number of rotatable bonds is 6. The Labute approximate surface area is 171 Å². The van der Waals surface area contributed by atoms with Crippen LogP contribution in [-0.2, 0) is 4.79 Å². The molecular weight excluding hydrogens is 392 g/mol. The van der Waals surface area contributed by atoms with Gasteiger partial charge in [-0.1, -0.05) is 6.07 Å². The van der Waals surface area contributed by atoms with Crippen LogP contribution in [-0.4, -0.2) is 23.9 Å². The number of furan rings is 1. The van der Waals surface area contributed by atoms with Gasteiger partial charge in [0.1, 0.15) is 0 Å². The van der Waals surface area contributed by atoms with Crippen molar-refractivity contribution >= 4 is 35.0 Å². The summed E-state index contributed by atoms with van der Waals surface area (Å²) in [5.74, 6) is 1.05. The monoisotopic (exact) mass is 410 g/mol. The fourth-order valence-corrected chi connectivity index (χ4v) is 3.65. The summed E-state index contributed by atoms with van der Waals surface area (Å²) in [4.78, 5) is 25.5. The highest BCUT2D eigenvalue weighted by molar-refractivity contribution is 8.00. The van der Waals surface area contributed by atoms with E-state index in [-0.39, 0.29) is 29.6 Å². The highest BCUT2D eigenvalue weighted by atomic mass is 32.2. The Kier molecular flexibility index (Phi) is 5.44. The number of hydrogen-bond acceptors (Lipinski definition) is 6. The zero-order valence-corrected chi connectivity index (χ0v) is 16.3. The summed E-state index contributed by atoms with van der Waals surface area (Å²) in [6.07, 6.45) is 1.45. The van der Waals surface area contributed by atoms with Crippen LogP contribution in [0, 0.1) is 0 Å². The number of amides is 2. The van der Waals surface area contributed by atoms with Gasteiger partial charge >= 0.3 is 0 Å². The molecule has 1 atom stereocenters. The van der Waals surface area contributed by atoms with Crippen molar-refractivity contribution in [2.75, 3.05) is 17.4 Å². The molecule has 0 saturated heterocycles. The van der Waals surface area contributed by atoms with E-state index in [4.69, 9.17) is 13.9 Å². The van der Waals surface area contributed by atoms with E-state index in [9.17, 15) is 9.59 Å². The van der Waals surface area contributed by atoms with Gasteiger partial charge in [-0.3, -0.25) is 9.59 Å². The summed E-state index contributed by atoms with van der Waals surface area (Å²) in [5, 5.41) is 5.31. The average Bonchev–Trinajstić information content (AvgIpc) is 3.40. The van der Waals surface area contributed by atoms with Crippen molar-refractivity contribution < 1.29 is 23.5 Å². The first-order chi connectivity index (χ1) is 14.1. The number of thioether (sulfide) groups is 1. The molecule has 1 aliphatic rings. The molecule has 0 aliphatic carbocycles. The molecule has 29 heavy (non-hydrogen) atoms. The molecule has 0 radical (unpaired) electrons. The van der Waals surface area contributed by atoms with Gasteiger partial charge in [-0.2, -0.15) is 0 Å². The van der Waals surface area contributed by atoms with E-state index in [0.717, 1.165) is 4.90 Å². The maximum Gasteiger partial charge on any atom is 0.291 e. The SMILES string of the molecule is CC(Sc1cccc(NC(=O)c2ccco2)c1)C(=O)Nc1ccc2c(c1)OCO2. The maximum absolute atomic E-state index is 12.5. The van der Waals surface area contributed by atoms with Crippen LogP contribution in [0.2, 0.25) is 0 Å². The van der Waals surface area contributed by atoms with Crippen molar-refractivity contribution in [3.05, 3.63) is 66.6 Å².